The number of carbonyl (C=O) groups is 1. The molecule has 0 aliphatic heterocycles. The van der Waals surface area contributed by atoms with Crippen molar-refractivity contribution in [3.05, 3.63) is 65.9 Å². The van der Waals surface area contributed by atoms with Gasteiger partial charge in [0.1, 0.15) is 0 Å². The molecule has 0 aliphatic carbocycles. The molecule has 21 heavy (non-hydrogen) atoms. The Bertz CT molecular complexity index is 794. The van der Waals surface area contributed by atoms with Crippen molar-refractivity contribution in [3.63, 3.8) is 0 Å². The molecule has 1 aromatic heterocycles. The second-order valence-corrected chi connectivity index (χ2v) is 4.65. The summed E-state index contributed by atoms with van der Waals surface area (Å²) in [7, 11) is 0. The van der Waals surface area contributed by atoms with Crippen LogP contribution in [0.1, 0.15) is 15.9 Å². The fourth-order valence-electron chi connectivity index (χ4n) is 2.32. The van der Waals surface area contributed by atoms with E-state index in [9.17, 15) is 9.90 Å². The van der Waals surface area contributed by atoms with Gasteiger partial charge in [0.25, 0.3) is 0 Å². The third-order valence-electron chi connectivity index (χ3n) is 3.39. The topological polar surface area (TPSA) is 68.0 Å². The summed E-state index contributed by atoms with van der Waals surface area (Å²) in [5.74, 6) is -0.937. The zero-order chi connectivity index (χ0) is 14.8. The van der Waals surface area contributed by atoms with Crippen LogP contribution in [0.5, 0.6) is 0 Å². The lowest BCUT2D eigenvalue weighted by atomic mass is 10.0. The third-order valence-corrected chi connectivity index (χ3v) is 3.39. The maximum atomic E-state index is 11.3. The molecule has 5 heteroatoms. The zero-order valence-electron chi connectivity index (χ0n) is 11.4. The normalized spacial score (nSPS) is 10.5. The number of carboxylic acid groups (broad SMARTS) is 1. The van der Waals surface area contributed by atoms with Crippen molar-refractivity contribution in [2.75, 3.05) is 0 Å². The molecule has 0 saturated carbocycles. The van der Waals surface area contributed by atoms with Gasteiger partial charge in [-0.1, -0.05) is 35.5 Å². The van der Waals surface area contributed by atoms with Crippen LogP contribution in [0.25, 0.3) is 16.9 Å². The van der Waals surface area contributed by atoms with Gasteiger partial charge in [-0.3, -0.25) is 0 Å². The average Bonchev–Trinajstić information content (AvgIpc) is 2.97. The lowest BCUT2D eigenvalue weighted by Gasteiger charge is -2.10. The highest BCUT2D eigenvalue weighted by Gasteiger charge is 2.15. The second kappa shape index (κ2) is 5.20. The molecule has 0 fully saturated rings. The predicted octanol–water partition coefficient (Wildman–Crippen LogP) is 2.94. The molecule has 0 aliphatic rings. The molecule has 5 nitrogen and oxygen atoms in total. The SMILES string of the molecule is Cc1c(C(=O)O)cccc1-c1cnnn1-c1ccccc1. The van der Waals surface area contributed by atoms with Crippen molar-refractivity contribution < 1.29 is 9.90 Å². The molecule has 2 aromatic carbocycles. The van der Waals surface area contributed by atoms with E-state index in [1.807, 2.05) is 36.4 Å². The Balaban J connectivity index is 2.18. The molecule has 0 radical (unpaired) electrons. The summed E-state index contributed by atoms with van der Waals surface area (Å²) in [5.41, 5.74) is 3.44. The van der Waals surface area contributed by atoms with Crippen LogP contribution in [0.2, 0.25) is 0 Å². The van der Waals surface area contributed by atoms with Crippen LogP contribution in [-0.4, -0.2) is 26.1 Å². The van der Waals surface area contributed by atoms with E-state index >= 15 is 0 Å². The van der Waals surface area contributed by atoms with Gasteiger partial charge in [0.05, 0.1) is 23.1 Å². The summed E-state index contributed by atoms with van der Waals surface area (Å²) in [6, 6.07) is 14.8. The smallest absolute Gasteiger partial charge is 0.335 e. The molecule has 0 bridgehead atoms. The molecule has 1 N–H and O–H groups in total. The first-order chi connectivity index (χ1) is 10.2. The summed E-state index contributed by atoms with van der Waals surface area (Å²) in [5, 5.41) is 17.3. The molecule has 0 unspecified atom stereocenters. The Morgan fingerprint density at radius 2 is 1.86 bits per heavy atom. The van der Waals surface area contributed by atoms with Gasteiger partial charge in [-0.25, -0.2) is 9.48 Å². The maximum absolute atomic E-state index is 11.3. The van der Waals surface area contributed by atoms with Crippen molar-refractivity contribution in [2.24, 2.45) is 0 Å². The highest BCUT2D eigenvalue weighted by Crippen LogP contribution is 2.26. The molecular formula is C16H13N3O2. The van der Waals surface area contributed by atoms with Crippen LogP contribution in [0.15, 0.2) is 54.7 Å². The molecule has 0 amide bonds. The van der Waals surface area contributed by atoms with Crippen LogP contribution in [0.4, 0.5) is 0 Å². The molecular weight excluding hydrogens is 266 g/mol. The van der Waals surface area contributed by atoms with Crippen LogP contribution < -0.4 is 0 Å². The fraction of sp³-hybridized carbons (Fsp3) is 0.0625. The number of rotatable bonds is 3. The van der Waals surface area contributed by atoms with Crippen LogP contribution in [-0.2, 0) is 0 Å². The average molecular weight is 279 g/mol. The fourth-order valence-corrected chi connectivity index (χ4v) is 2.32. The van der Waals surface area contributed by atoms with Gasteiger partial charge >= 0.3 is 5.97 Å². The minimum atomic E-state index is -0.937. The van der Waals surface area contributed by atoms with Gasteiger partial charge in [-0.05, 0) is 30.7 Å². The van der Waals surface area contributed by atoms with E-state index in [1.165, 1.54) is 0 Å². The summed E-state index contributed by atoms with van der Waals surface area (Å²) in [4.78, 5) is 11.3. The first-order valence-corrected chi connectivity index (χ1v) is 6.48. The van der Waals surface area contributed by atoms with Crippen molar-refractivity contribution in [1.29, 1.82) is 0 Å². The summed E-state index contributed by atoms with van der Waals surface area (Å²) < 4.78 is 1.70. The number of carboxylic acids is 1. The number of para-hydroxylation sites is 1. The number of hydrogen-bond donors (Lipinski definition) is 1. The monoisotopic (exact) mass is 279 g/mol. The standard InChI is InChI=1S/C16H13N3O2/c1-11-13(8-5-9-14(11)16(20)21)15-10-17-18-19(15)12-6-3-2-4-7-12/h2-10H,1H3,(H,20,21). The van der Waals surface area contributed by atoms with Crippen molar-refractivity contribution in [3.8, 4) is 16.9 Å². The number of nitrogens with zero attached hydrogens (tertiary/aromatic N) is 3. The summed E-state index contributed by atoms with van der Waals surface area (Å²) in [6.07, 6.45) is 1.64. The Labute approximate surface area is 121 Å². The molecule has 104 valence electrons. The summed E-state index contributed by atoms with van der Waals surface area (Å²) in [6.45, 7) is 1.79. The largest absolute Gasteiger partial charge is 0.478 e. The van der Waals surface area contributed by atoms with E-state index in [1.54, 1.807) is 29.9 Å². The quantitative estimate of drug-likeness (QED) is 0.800. The van der Waals surface area contributed by atoms with Gasteiger partial charge in [0.15, 0.2) is 0 Å². The van der Waals surface area contributed by atoms with Crippen LogP contribution >= 0.6 is 0 Å². The number of hydrogen-bond acceptors (Lipinski definition) is 3. The van der Waals surface area contributed by atoms with E-state index in [2.05, 4.69) is 10.3 Å². The van der Waals surface area contributed by atoms with Crippen LogP contribution in [0.3, 0.4) is 0 Å². The second-order valence-electron chi connectivity index (χ2n) is 4.65. The molecule has 3 aromatic rings. The Hall–Kier alpha value is -2.95. The maximum Gasteiger partial charge on any atom is 0.335 e. The van der Waals surface area contributed by atoms with Gasteiger partial charge in [0, 0.05) is 5.56 Å². The highest BCUT2D eigenvalue weighted by atomic mass is 16.4. The number of aromatic carboxylic acids is 1. The molecule has 0 spiro atoms. The first kappa shape index (κ1) is 13.1. The lowest BCUT2D eigenvalue weighted by Crippen LogP contribution is -2.04. The lowest BCUT2D eigenvalue weighted by molar-refractivity contribution is 0.0696. The van der Waals surface area contributed by atoms with Crippen molar-refractivity contribution in [2.45, 2.75) is 6.92 Å². The zero-order valence-corrected chi connectivity index (χ0v) is 11.4. The predicted molar refractivity (Wildman–Crippen MR) is 78.5 cm³/mol. The van der Waals surface area contributed by atoms with Gasteiger partial charge in [-0.15, -0.1) is 5.10 Å². The van der Waals surface area contributed by atoms with Gasteiger partial charge in [-0.2, -0.15) is 0 Å². The van der Waals surface area contributed by atoms with Crippen molar-refractivity contribution in [1.82, 2.24) is 15.0 Å². The number of benzene rings is 2. The van der Waals surface area contributed by atoms with Gasteiger partial charge in [0.2, 0.25) is 0 Å². The highest BCUT2D eigenvalue weighted by molar-refractivity contribution is 5.91. The van der Waals surface area contributed by atoms with E-state index < -0.39 is 5.97 Å². The third kappa shape index (κ3) is 2.29. The van der Waals surface area contributed by atoms with E-state index in [0.717, 1.165) is 16.9 Å². The van der Waals surface area contributed by atoms with E-state index in [0.29, 0.717) is 5.56 Å². The van der Waals surface area contributed by atoms with E-state index in [-0.39, 0.29) is 5.56 Å². The summed E-state index contributed by atoms with van der Waals surface area (Å²) >= 11 is 0. The Kier molecular flexibility index (Phi) is 3.23. The first-order valence-electron chi connectivity index (χ1n) is 6.48. The van der Waals surface area contributed by atoms with Crippen molar-refractivity contribution >= 4 is 5.97 Å². The van der Waals surface area contributed by atoms with Crippen LogP contribution in [0, 0.1) is 6.92 Å². The molecule has 0 atom stereocenters. The molecule has 1 heterocycles. The Morgan fingerprint density at radius 1 is 1.10 bits per heavy atom. The van der Waals surface area contributed by atoms with Gasteiger partial charge < -0.3 is 5.11 Å². The minimum Gasteiger partial charge on any atom is -0.478 e. The Morgan fingerprint density at radius 3 is 2.57 bits per heavy atom. The number of aromatic nitrogens is 3. The molecule has 0 saturated heterocycles. The van der Waals surface area contributed by atoms with E-state index in [4.69, 9.17) is 0 Å². The molecule has 3 rings (SSSR count). The minimum absolute atomic E-state index is 0.285.